The van der Waals surface area contributed by atoms with Crippen LogP contribution in [0.1, 0.15) is 40.4 Å². The van der Waals surface area contributed by atoms with Crippen molar-refractivity contribution in [3.63, 3.8) is 0 Å². The second-order valence-electron chi connectivity index (χ2n) is 8.35. The molecule has 0 radical (unpaired) electrons. The third-order valence-corrected chi connectivity index (χ3v) is 6.54. The van der Waals surface area contributed by atoms with Gasteiger partial charge >= 0.3 is 12.1 Å². The lowest BCUT2D eigenvalue weighted by Crippen LogP contribution is -2.22. The number of ether oxygens (including phenoxy) is 1. The van der Waals surface area contributed by atoms with E-state index >= 15 is 0 Å². The lowest BCUT2D eigenvalue weighted by atomic mass is 10.0. The minimum Gasteiger partial charge on any atom is -0.477 e. The van der Waals surface area contributed by atoms with E-state index in [2.05, 4.69) is 19.6 Å². The van der Waals surface area contributed by atoms with Gasteiger partial charge in [-0.15, -0.1) is 0 Å². The number of halogens is 3. The summed E-state index contributed by atoms with van der Waals surface area (Å²) in [5.74, 6) is -1.32. The monoisotopic (exact) mass is 399 g/mol. The molecule has 0 atom stereocenters. The number of carboxylic acid groups (broad SMARTS) is 1. The van der Waals surface area contributed by atoms with E-state index in [1.807, 2.05) is 0 Å². The molecular weight excluding hydrogens is 375 g/mol. The molecule has 0 saturated heterocycles. The van der Waals surface area contributed by atoms with Gasteiger partial charge in [0.15, 0.2) is 0 Å². The zero-order chi connectivity index (χ0) is 20.0. The molecule has 1 fully saturated rings. The highest BCUT2D eigenvalue weighted by atomic mass is 28.3. The summed E-state index contributed by atoms with van der Waals surface area (Å²) in [6, 6.07) is 5.74. The van der Waals surface area contributed by atoms with Crippen molar-refractivity contribution in [1.29, 1.82) is 0 Å². The summed E-state index contributed by atoms with van der Waals surface area (Å²) in [6.45, 7) is 6.71. The Morgan fingerprint density at radius 3 is 2.48 bits per heavy atom. The topological polar surface area (TPSA) is 51.5 Å². The van der Waals surface area contributed by atoms with Gasteiger partial charge in [-0.3, -0.25) is 0 Å². The van der Waals surface area contributed by atoms with E-state index in [0.717, 1.165) is 29.0 Å². The number of aromatic carboxylic acids is 1. The molecular formula is C19H24F3NO3Si. The Bertz CT molecular complexity index is 864. The molecule has 0 aliphatic heterocycles. The molecule has 2 aromatic rings. The highest BCUT2D eigenvalue weighted by Gasteiger charge is 2.41. The Hall–Kier alpha value is -1.80. The van der Waals surface area contributed by atoms with E-state index in [1.54, 1.807) is 12.1 Å². The van der Waals surface area contributed by atoms with E-state index < -0.39 is 31.5 Å². The maximum absolute atomic E-state index is 13.7. The van der Waals surface area contributed by atoms with Crippen LogP contribution < -0.4 is 0 Å². The van der Waals surface area contributed by atoms with Gasteiger partial charge in [0.1, 0.15) is 12.4 Å². The number of aromatic nitrogens is 1. The molecule has 1 aromatic heterocycles. The lowest BCUT2D eigenvalue weighted by molar-refractivity contribution is -0.137. The summed E-state index contributed by atoms with van der Waals surface area (Å²) >= 11 is 0. The first-order valence-electron chi connectivity index (χ1n) is 9.03. The quantitative estimate of drug-likeness (QED) is 0.491. The first-order chi connectivity index (χ1) is 12.5. The maximum atomic E-state index is 13.7. The van der Waals surface area contributed by atoms with Crippen LogP contribution in [0.15, 0.2) is 18.2 Å². The van der Waals surface area contributed by atoms with Crippen molar-refractivity contribution in [2.75, 3.05) is 6.61 Å². The molecule has 148 valence electrons. The van der Waals surface area contributed by atoms with Crippen molar-refractivity contribution in [1.82, 2.24) is 4.57 Å². The highest BCUT2D eigenvalue weighted by molar-refractivity contribution is 6.76. The highest BCUT2D eigenvalue weighted by Crippen LogP contribution is 2.44. The van der Waals surface area contributed by atoms with Crippen molar-refractivity contribution in [2.24, 2.45) is 0 Å². The molecule has 1 aliphatic carbocycles. The fourth-order valence-electron chi connectivity index (χ4n) is 3.22. The number of rotatable bonds is 7. The number of carbonyl (C=O) groups is 1. The lowest BCUT2D eigenvalue weighted by Gasteiger charge is -2.16. The third-order valence-electron chi connectivity index (χ3n) is 4.84. The Morgan fingerprint density at radius 1 is 1.30 bits per heavy atom. The van der Waals surface area contributed by atoms with Crippen LogP contribution >= 0.6 is 0 Å². The van der Waals surface area contributed by atoms with Crippen LogP contribution in [0.5, 0.6) is 0 Å². The molecule has 27 heavy (non-hydrogen) atoms. The fourth-order valence-corrected chi connectivity index (χ4v) is 3.98. The Balaban J connectivity index is 2.05. The molecule has 1 aromatic carbocycles. The van der Waals surface area contributed by atoms with E-state index in [4.69, 9.17) is 4.74 Å². The summed E-state index contributed by atoms with van der Waals surface area (Å²) in [6.07, 6.45) is -2.84. The molecule has 1 saturated carbocycles. The van der Waals surface area contributed by atoms with Crippen LogP contribution in [0, 0.1) is 0 Å². The molecule has 1 heterocycles. The van der Waals surface area contributed by atoms with Gasteiger partial charge < -0.3 is 14.4 Å². The van der Waals surface area contributed by atoms with Gasteiger partial charge in [0.05, 0.1) is 11.1 Å². The third kappa shape index (κ3) is 4.38. The van der Waals surface area contributed by atoms with Gasteiger partial charge in [-0.25, -0.2) is 4.79 Å². The van der Waals surface area contributed by atoms with Gasteiger partial charge in [-0.2, -0.15) is 13.2 Å². The molecule has 0 spiro atoms. The number of hydrogen-bond acceptors (Lipinski definition) is 2. The predicted molar refractivity (Wildman–Crippen MR) is 100.0 cm³/mol. The van der Waals surface area contributed by atoms with E-state index in [-0.39, 0.29) is 23.6 Å². The van der Waals surface area contributed by atoms with E-state index in [0.29, 0.717) is 6.61 Å². The molecule has 3 rings (SSSR count). The SMILES string of the molecule is C[Si](C)(C)CCOCn1c(C(=O)O)c(C(F)(F)F)c2cc(C3CC3)ccc21. The van der Waals surface area contributed by atoms with Crippen LogP contribution in [0.25, 0.3) is 10.9 Å². The molecule has 1 aliphatic rings. The maximum Gasteiger partial charge on any atom is 0.419 e. The zero-order valence-electron chi connectivity index (χ0n) is 15.7. The van der Waals surface area contributed by atoms with Crippen molar-refractivity contribution in [3.8, 4) is 0 Å². The minimum absolute atomic E-state index is 0.0573. The van der Waals surface area contributed by atoms with Gasteiger partial charge in [-0.1, -0.05) is 25.7 Å². The summed E-state index contributed by atoms with van der Waals surface area (Å²) in [7, 11) is -1.35. The molecule has 0 bridgehead atoms. The average molecular weight is 399 g/mol. The Morgan fingerprint density at radius 2 is 1.96 bits per heavy atom. The number of carboxylic acids is 1. The van der Waals surface area contributed by atoms with Crippen LogP contribution in [0.2, 0.25) is 25.7 Å². The standard InChI is InChI=1S/C19H24F3NO3Si/c1-27(2,3)9-8-26-11-23-15-7-6-13(12-4-5-12)10-14(15)16(19(20,21)22)17(23)18(24)25/h6-7,10,12H,4-5,8-9,11H2,1-3H3,(H,24,25). The van der Waals surface area contributed by atoms with E-state index in [9.17, 15) is 23.1 Å². The van der Waals surface area contributed by atoms with Crippen LogP contribution in [0.4, 0.5) is 13.2 Å². The fraction of sp³-hybridized carbons (Fsp3) is 0.526. The largest absolute Gasteiger partial charge is 0.477 e. The molecule has 8 heteroatoms. The Kier molecular flexibility index (Phi) is 5.15. The molecule has 4 nitrogen and oxygen atoms in total. The van der Waals surface area contributed by atoms with Gasteiger partial charge in [0.2, 0.25) is 0 Å². The van der Waals surface area contributed by atoms with Crippen molar-refractivity contribution in [2.45, 2.75) is 57.4 Å². The Labute approximate surface area is 156 Å². The summed E-state index contributed by atoms with van der Waals surface area (Å²) in [4.78, 5) is 11.7. The second kappa shape index (κ2) is 6.98. The van der Waals surface area contributed by atoms with Gasteiger partial charge in [-0.05, 0) is 42.5 Å². The number of hydrogen-bond donors (Lipinski definition) is 1. The second-order valence-corrected chi connectivity index (χ2v) is 14.0. The van der Waals surface area contributed by atoms with Crippen LogP contribution in [0.3, 0.4) is 0 Å². The molecule has 0 amide bonds. The van der Waals surface area contributed by atoms with Gasteiger partial charge in [0, 0.05) is 20.1 Å². The minimum atomic E-state index is -4.75. The first-order valence-corrected chi connectivity index (χ1v) is 12.7. The van der Waals surface area contributed by atoms with Crippen molar-refractivity contribution < 1.29 is 27.8 Å². The zero-order valence-corrected chi connectivity index (χ0v) is 16.7. The normalized spacial score (nSPS) is 15.5. The number of alkyl halides is 3. The first kappa shape index (κ1) is 19.9. The van der Waals surface area contributed by atoms with Crippen molar-refractivity contribution >= 4 is 24.9 Å². The summed E-state index contributed by atoms with van der Waals surface area (Å²) in [5.41, 5.74) is -0.751. The van der Waals surface area contributed by atoms with Crippen molar-refractivity contribution in [3.05, 3.63) is 35.0 Å². The van der Waals surface area contributed by atoms with E-state index in [1.165, 1.54) is 6.07 Å². The predicted octanol–water partition coefficient (Wildman–Crippen LogP) is 5.55. The number of nitrogens with zero attached hydrogens (tertiary/aromatic N) is 1. The van der Waals surface area contributed by atoms with Gasteiger partial charge in [0.25, 0.3) is 0 Å². The number of benzene rings is 1. The number of fused-ring (bicyclic) bond motifs is 1. The summed E-state index contributed by atoms with van der Waals surface area (Å²) in [5, 5.41) is 9.46. The van der Waals surface area contributed by atoms with Crippen LogP contribution in [-0.2, 0) is 17.6 Å². The summed E-state index contributed by atoms with van der Waals surface area (Å²) < 4.78 is 47.9. The average Bonchev–Trinajstić information content (AvgIpc) is 3.31. The van der Waals surface area contributed by atoms with Crippen LogP contribution in [-0.4, -0.2) is 30.3 Å². The smallest absolute Gasteiger partial charge is 0.419 e. The molecule has 1 N–H and O–H groups in total. The molecule has 0 unspecified atom stereocenters.